The molecule has 0 bridgehead atoms. The van der Waals surface area contributed by atoms with E-state index in [9.17, 15) is 4.79 Å². The Balaban J connectivity index is 2.13. The minimum atomic E-state index is -0.488. The number of hydrogen-bond donors (Lipinski definition) is 1. The largest absolute Gasteiger partial charge is 0.325 e. The molecule has 1 aromatic carbocycles. The highest BCUT2D eigenvalue weighted by Crippen LogP contribution is 2.24. The number of fused-ring (bicyclic) bond motifs is 1. The van der Waals surface area contributed by atoms with Crippen LogP contribution in [0.3, 0.4) is 0 Å². The molecule has 0 radical (unpaired) electrons. The van der Waals surface area contributed by atoms with Crippen molar-refractivity contribution >= 4 is 23.2 Å². The van der Waals surface area contributed by atoms with Crippen LogP contribution in [0.4, 0.5) is 5.69 Å². The highest BCUT2D eigenvalue weighted by atomic mass is 35.5. The smallest absolute Gasteiger partial charge is 0.242 e. The maximum Gasteiger partial charge on any atom is 0.242 e. The van der Waals surface area contributed by atoms with Gasteiger partial charge in [0.25, 0.3) is 0 Å². The van der Waals surface area contributed by atoms with Gasteiger partial charge in [0.15, 0.2) is 0 Å². The maximum absolute atomic E-state index is 11.4. The second-order valence-corrected chi connectivity index (χ2v) is 4.60. The molecule has 0 fully saturated rings. The maximum atomic E-state index is 11.4. The number of rotatable bonds is 2. The SMILES string of the molecule is C[C@@H](Cl)C(=O)Nc1ccc2c(c1)CCC2. The van der Waals surface area contributed by atoms with Gasteiger partial charge in [0.1, 0.15) is 5.38 Å². The lowest BCUT2D eigenvalue weighted by Gasteiger charge is -2.08. The number of carbonyl (C=O) groups is 1. The van der Waals surface area contributed by atoms with Gasteiger partial charge in [-0.05, 0) is 49.4 Å². The Hall–Kier alpha value is -1.02. The number of nitrogens with one attached hydrogen (secondary N) is 1. The molecular formula is C12H14ClNO. The van der Waals surface area contributed by atoms with Gasteiger partial charge < -0.3 is 5.32 Å². The van der Waals surface area contributed by atoms with E-state index in [1.807, 2.05) is 6.07 Å². The summed E-state index contributed by atoms with van der Waals surface area (Å²) in [6.07, 6.45) is 3.50. The predicted octanol–water partition coefficient (Wildman–Crippen LogP) is 2.74. The number of benzene rings is 1. The van der Waals surface area contributed by atoms with E-state index in [2.05, 4.69) is 17.4 Å². The van der Waals surface area contributed by atoms with Crippen LogP contribution in [-0.4, -0.2) is 11.3 Å². The van der Waals surface area contributed by atoms with E-state index in [-0.39, 0.29) is 5.91 Å². The van der Waals surface area contributed by atoms with Gasteiger partial charge in [0.2, 0.25) is 5.91 Å². The van der Waals surface area contributed by atoms with Crippen LogP contribution in [0.15, 0.2) is 18.2 Å². The van der Waals surface area contributed by atoms with Crippen molar-refractivity contribution in [3.8, 4) is 0 Å². The van der Waals surface area contributed by atoms with E-state index >= 15 is 0 Å². The zero-order valence-corrected chi connectivity index (χ0v) is 9.47. The van der Waals surface area contributed by atoms with E-state index in [0.717, 1.165) is 18.5 Å². The number of amides is 1. The van der Waals surface area contributed by atoms with Crippen molar-refractivity contribution in [3.05, 3.63) is 29.3 Å². The molecule has 1 aliphatic carbocycles. The third-order valence-corrected chi connectivity index (χ3v) is 2.93. The molecule has 2 rings (SSSR count). The Labute approximate surface area is 94.6 Å². The first kappa shape index (κ1) is 10.5. The third-order valence-electron chi connectivity index (χ3n) is 2.73. The summed E-state index contributed by atoms with van der Waals surface area (Å²) in [5.41, 5.74) is 3.62. The average molecular weight is 224 g/mol. The Morgan fingerprint density at radius 3 is 2.87 bits per heavy atom. The number of halogens is 1. The molecule has 80 valence electrons. The second kappa shape index (κ2) is 4.23. The van der Waals surface area contributed by atoms with Gasteiger partial charge in [-0.1, -0.05) is 6.07 Å². The molecule has 0 aromatic heterocycles. The van der Waals surface area contributed by atoms with E-state index < -0.39 is 5.38 Å². The van der Waals surface area contributed by atoms with Gasteiger partial charge >= 0.3 is 0 Å². The highest BCUT2D eigenvalue weighted by Gasteiger charge is 2.13. The molecule has 15 heavy (non-hydrogen) atoms. The zero-order valence-electron chi connectivity index (χ0n) is 8.72. The zero-order chi connectivity index (χ0) is 10.8. The molecule has 0 aliphatic heterocycles. The number of anilines is 1. The van der Waals surface area contributed by atoms with Crippen LogP contribution >= 0.6 is 11.6 Å². The minimum absolute atomic E-state index is 0.144. The van der Waals surface area contributed by atoms with Crippen molar-refractivity contribution in [2.75, 3.05) is 5.32 Å². The summed E-state index contributed by atoms with van der Waals surface area (Å²) in [5.74, 6) is -0.144. The Bertz CT molecular complexity index is 387. The van der Waals surface area contributed by atoms with Gasteiger partial charge in [0, 0.05) is 5.69 Å². The van der Waals surface area contributed by atoms with Crippen molar-refractivity contribution in [1.82, 2.24) is 0 Å². The van der Waals surface area contributed by atoms with Crippen molar-refractivity contribution in [2.24, 2.45) is 0 Å². The van der Waals surface area contributed by atoms with Crippen LogP contribution in [0.25, 0.3) is 0 Å². The molecule has 1 amide bonds. The van der Waals surface area contributed by atoms with Crippen molar-refractivity contribution in [3.63, 3.8) is 0 Å². The summed E-state index contributed by atoms with van der Waals surface area (Å²) in [5, 5.41) is 2.31. The summed E-state index contributed by atoms with van der Waals surface area (Å²) in [6, 6.07) is 6.09. The first-order valence-electron chi connectivity index (χ1n) is 5.23. The lowest BCUT2D eigenvalue weighted by atomic mass is 10.1. The van der Waals surface area contributed by atoms with Gasteiger partial charge in [-0.2, -0.15) is 0 Å². The van der Waals surface area contributed by atoms with E-state index in [1.165, 1.54) is 17.5 Å². The molecule has 0 spiro atoms. The summed E-state index contributed by atoms with van der Waals surface area (Å²) < 4.78 is 0. The van der Waals surface area contributed by atoms with Gasteiger partial charge in [-0.3, -0.25) is 4.79 Å². The predicted molar refractivity (Wildman–Crippen MR) is 62.4 cm³/mol. The third kappa shape index (κ3) is 2.32. The summed E-state index contributed by atoms with van der Waals surface area (Å²) in [6.45, 7) is 1.67. The van der Waals surface area contributed by atoms with Crippen LogP contribution < -0.4 is 5.32 Å². The van der Waals surface area contributed by atoms with Crippen LogP contribution in [0, 0.1) is 0 Å². The normalized spacial score (nSPS) is 15.9. The molecule has 0 saturated carbocycles. The molecule has 0 heterocycles. The molecular weight excluding hydrogens is 210 g/mol. The number of alkyl halides is 1. The molecule has 1 atom stereocenters. The quantitative estimate of drug-likeness (QED) is 0.768. The van der Waals surface area contributed by atoms with E-state index in [4.69, 9.17) is 11.6 Å². The van der Waals surface area contributed by atoms with Crippen molar-refractivity contribution < 1.29 is 4.79 Å². The lowest BCUT2D eigenvalue weighted by Crippen LogP contribution is -2.20. The summed E-state index contributed by atoms with van der Waals surface area (Å²) in [4.78, 5) is 11.4. The first-order valence-corrected chi connectivity index (χ1v) is 5.67. The number of carbonyl (C=O) groups excluding carboxylic acids is 1. The van der Waals surface area contributed by atoms with Gasteiger partial charge in [-0.15, -0.1) is 11.6 Å². The van der Waals surface area contributed by atoms with E-state index in [0.29, 0.717) is 0 Å². The Kier molecular flexibility index (Phi) is 2.96. The fourth-order valence-corrected chi connectivity index (χ4v) is 1.95. The lowest BCUT2D eigenvalue weighted by molar-refractivity contribution is -0.115. The number of hydrogen-bond acceptors (Lipinski definition) is 1. The summed E-state index contributed by atoms with van der Waals surface area (Å²) in [7, 11) is 0. The average Bonchev–Trinajstić information content (AvgIpc) is 2.64. The Morgan fingerprint density at radius 1 is 1.40 bits per heavy atom. The van der Waals surface area contributed by atoms with Crippen LogP contribution in [0.5, 0.6) is 0 Å². The fraction of sp³-hybridized carbons (Fsp3) is 0.417. The number of aryl methyl sites for hydroxylation is 2. The first-order chi connectivity index (χ1) is 7.16. The van der Waals surface area contributed by atoms with Gasteiger partial charge in [-0.25, -0.2) is 0 Å². The molecule has 2 nitrogen and oxygen atoms in total. The van der Waals surface area contributed by atoms with Crippen LogP contribution in [-0.2, 0) is 17.6 Å². The van der Waals surface area contributed by atoms with Crippen molar-refractivity contribution in [1.29, 1.82) is 0 Å². The standard InChI is InChI=1S/C12H14ClNO/c1-8(13)12(15)14-11-6-5-9-3-2-4-10(9)7-11/h5-8H,2-4H2,1H3,(H,14,15)/t8-/m1/s1. The molecule has 1 aromatic rings. The monoisotopic (exact) mass is 223 g/mol. The Morgan fingerprint density at radius 2 is 2.13 bits per heavy atom. The molecule has 0 unspecified atom stereocenters. The second-order valence-electron chi connectivity index (χ2n) is 3.94. The molecule has 0 saturated heterocycles. The molecule has 1 aliphatic rings. The molecule has 1 N–H and O–H groups in total. The fourth-order valence-electron chi connectivity index (χ4n) is 1.89. The minimum Gasteiger partial charge on any atom is -0.325 e. The van der Waals surface area contributed by atoms with Crippen LogP contribution in [0.2, 0.25) is 0 Å². The molecule has 3 heteroatoms. The van der Waals surface area contributed by atoms with Crippen LogP contribution in [0.1, 0.15) is 24.5 Å². The summed E-state index contributed by atoms with van der Waals surface area (Å²) >= 11 is 5.68. The van der Waals surface area contributed by atoms with E-state index in [1.54, 1.807) is 6.92 Å². The van der Waals surface area contributed by atoms with Crippen molar-refractivity contribution in [2.45, 2.75) is 31.6 Å². The highest BCUT2D eigenvalue weighted by molar-refractivity contribution is 6.32. The topological polar surface area (TPSA) is 29.1 Å². The van der Waals surface area contributed by atoms with Gasteiger partial charge in [0.05, 0.1) is 0 Å².